The predicted molar refractivity (Wildman–Crippen MR) is 73.0 cm³/mol. The lowest BCUT2D eigenvalue weighted by molar-refractivity contribution is -0.115. The number of carbonyl (C=O) groups excluding carboxylic acids is 1. The highest BCUT2D eigenvalue weighted by Gasteiger charge is 2.14. The van der Waals surface area contributed by atoms with Crippen LogP contribution in [-0.4, -0.2) is 17.8 Å². The van der Waals surface area contributed by atoms with E-state index in [9.17, 15) is 9.90 Å². The van der Waals surface area contributed by atoms with Gasteiger partial charge in [0.25, 0.3) is 0 Å². The SMILES string of the molecule is O=C(Cc1ccccc1O)Nc1ccc2c(c1)OCO2. The molecule has 0 unspecified atom stereocenters. The number of para-hydroxylation sites is 1. The zero-order chi connectivity index (χ0) is 13.9. The van der Waals surface area contributed by atoms with E-state index in [-0.39, 0.29) is 24.9 Å². The molecule has 2 aromatic rings. The first kappa shape index (κ1) is 12.3. The van der Waals surface area contributed by atoms with E-state index < -0.39 is 0 Å². The molecule has 3 rings (SSSR count). The molecule has 5 nitrogen and oxygen atoms in total. The summed E-state index contributed by atoms with van der Waals surface area (Å²) in [5.74, 6) is 1.20. The molecule has 20 heavy (non-hydrogen) atoms. The van der Waals surface area contributed by atoms with E-state index in [4.69, 9.17) is 9.47 Å². The Morgan fingerprint density at radius 1 is 1.15 bits per heavy atom. The van der Waals surface area contributed by atoms with E-state index in [1.165, 1.54) is 0 Å². The number of benzene rings is 2. The first-order valence-electron chi connectivity index (χ1n) is 6.19. The predicted octanol–water partition coefficient (Wildman–Crippen LogP) is 2.30. The van der Waals surface area contributed by atoms with Crippen molar-refractivity contribution in [3.63, 3.8) is 0 Å². The molecule has 1 aliphatic heterocycles. The van der Waals surface area contributed by atoms with Crippen molar-refractivity contribution >= 4 is 11.6 Å². The first-order valence-corrected chi connectivity index (χ1v) is 6.19. The smallest absolute Gasteiger partial charge is 0.231 e. The standard InChI is InChI=1S/C15H13NO4/c17-12-4-2-1-3-10(12)7-15(18)16-11-5-6-13-14(8-11)20-9-19-13/h1-6,8,17H,7,9H2,(H,16,18). The number of hydrogen-bond acceptors (Lipinski definition) is 4. The van der Waals surface area contributed by atoms with Gasteiger partial charge in [-0.3, -0.25) is 4.79 Å². The van der Waals surface area contributed by atoms with Crippen molar-refractivity contribution in [2.45, 2.75) is 6.42 Å². The molecule has 5 heteroatoms. The molecule has 2 N–H and O–H groups in total. The van der Waals surface area contributed by atoms with Gasteiger partial charge in [-0.05, 0) is 18.2 Å². The van der Waals surface area contributed by atoms with Crippen molar-refractivity contribution < 1.29 is 19.4 Å². The van der Waals surface area contributed by atoms with Gasteiger partial charge in [0.05, 0.1) is 6.42 Å². The van der Waals surface area contributed by atoms with Crippen LogP contribution in [0.15, 0.2) is 42.5 Å². The highest BCUT2D eigenvalue weighted by atomic mass is 16.7. The quantitative estimate of drug-likeness (QED) is 0.898. The molecule has 0 bridgehead atoms. The maximum absolute atomic E-state index is 11.9. The molecular formula is C15H13NO4. The van der Waals surface area contributed by atoms with E-state index in [1.807, 2.05) is 0 Å². The van der Waals surface area contributed by atoms with Crippen LogP contribution in [0.1, 0.15) is 5.56 Å². The van der Waals surface area contributed by atoms with Gasteiger partial charge < -0.3 is 19.9 Å². The van der Waals surface area contributed by atoms with Gasteiger partial charge in [-0.2, -0.15) is 0 Å². The van der Waals surface area contributed by atoms with Gasteiger partial charge in [0.1, 0.15) is 5.75 Å². The number of anilines is 1. The topological polar surface area (TPSA) is 67.8 Å². The van der Waals surface area contributed by atoms with Crippen molar-refractivity contribution in [2.75, 3.05) is 12.1 Å². The number of ether oxygens (including phenoxy) is 2. The summed E-state index contributed by atoms with van der Waals surface area (Å²) in [7, 11) is 0. The van der Waals surface area contributed by atoms with Crippen LogP contribution in [0.2, 0.25) is 0 Å². The zero-order valence-electron chi connectivity index (χ0n) is 10.6. The third-order valence-electron chi connectivity index (χ3n) is 3.00. The number of nitrogens with one attached hydrogen (secondary N) is 1. The third kappa shape index (κ3) is 2.51. The number of amides is 1. The fraction of sp³-hybridized carbons (Fsp3) is 0.133. The molecule has 0 aliphatic carbocycles. The molecule has 0 aromatic heterocycles. The lowest BCUT2D eigenvalue weighted by Gasteiger charge is -2.07. The third-order valence-corrected chi connectivity index (χ3v) is 3.00. The summed E-state index contributed by atoms with van der Waals surface area (Å²) in [6.45, 7) is 0.199. The van der Waals surface area contributed by atoms with Crippen LogP contribution in [0.4, 0.5) is 5.69 Å². The Balaban J connectivity index is 1.69. The Morgan fingerprint density at radius 2 is 1.95 bits per heavy atom. The molecule has 1 amide bonds. The van der Waals surface area contributed by atoms with Crippen LogP contribution in [0.5, 0.6) is 17.2 Å². The van der Waals surface area contributed by atoms with Crippen molar-refractivity contribution in [3.05, 3.63) is 48.0 Å². The van der Waals surface area contributed by atoms with Crippen LogP contribution < -0.4 is 14.8 Å². The Morgan fingerprint density at radius 3 is 2.80 bits per heavy atom. The molecule has 0 atom stereocenters. The lowest BCUT2D eigenvalue weighted by atomic mass is 10.1. The number of rotatable bonds is 3. The van der Waals surface area contributed by atoms with E-state index in [1.54, 1.807) is 42.5 Å². The summed E-state index contributed by atoms with van der Waals surface area (Å²) in [5.41, 5.74) is 1.22. The minimum atomic E-state index is -0.203. The van der Waals surface area contributed by atoms with Crippen LogP contribution in [0.3, 0.4) is 0 Å². The maximum Gasteiger partial charge on any atom is 0.231 e. The fourth-order valence-corrected chi connectivity index (χ4v) is 2.01. The van der Waals surface area contributed by atoms with Crippen molar-refractivity contribution in [3.8, 4) is 17.2 Å². The van der Waals surface area contributed by atoms with Crippen LogP contribution >= 0.6 is 0 Å². The molecule has 0 saturated heterocycles. The van der Waals surface area contributed by atoms with E-state index in [0.29, 0.717) is 22.7 Å². The van der Waals surface area contributed by atoms with Gasteiger partial charge in [0.2, 0.25) is 12.7 Å². The van der Waals surface area contributed by atoms with Crippen molar-refractivity contribution in [2.24, 2.45) is 0 Å². The number of phenolic OH excluding ortho intramolecular Hbond substituents is 1. The molecule has 0 fully saturated rings. The Hall–Kier alpha value is -2.69. The molecule has 1 aliphatic rings. The molecule has 2 aromatic carbocycles. The van der Waals surface area contributed by atoms with Crippen LogP contribution in [0.25, 0.3) is 0 Å². The van der Waals surface area contributed by atoms with Gasteiger partial charge in [-0.15, -0.1) is 0 Å². The number of phenols is 1. The minimum Gasteiger partial charge on any atom is -0.508 e. The van der Waals surface area contributed by atoms with Crippen molar-refractivity contribution in [1.29, 1.82) is 0 Å². The summed E-state index contributed by atoms with van der Waals surface area (Å²) >= 11 is 0. The monoisotopic (exact) mass is 271 g/mol. The van der Waals surface area contributed by atoms with Crippen LogP contribution in [-0.2, 0) is 11.2 Å². The van der Waals surface area contributed by atoms with Gasteiger partial charge >= 0.3 is 0 Å². The van der Waals surface area contributed by atoms with Gasteiger partial charge in [0, 0.05) is 17.3 Å². The second kappa shape index (κ2) is 5.13. The highest BCUT2D eigenvalue weighted by molar-refractivity contribution is 5.93. The number of aromatic hydroxyl groups is 1. The first-order chi connectivity index (χ1) is 9.72. The number of hydrogen-bond donors (Lipinski definition) is 2. The number of fused-ring (bicyclic) bond motifs is 1. The highest BCUT2D eigenvalue weighted by Crippen LogP contribution is 2.34. The summed E-state index contributed by atoms with van der Waals surface area (Å²) in [6, 6.07) is 12.0. The van der Waals surface area contributed by atoms with Crippen LogP contribution in [0, 0.1) is 0 Å². The molecule has 0 spiro atoms. The van der Waals surface area contributed by atoms with E-state index >= 15 is 0 Å². The Kier molecular flexibility index (Phi) is 3.16. The molecule has 102 valence electrons. The zero-order valence-corrected chi connectivity index (χ0v) is 10.6. The average Bonchev–Trinajstić information content (AvgIpc) is 2.89. The van der Waals surface area contributed by atoms with E-state index in [2.05, 4.69) is 5.32 Å². The molecular weight excluding hydrogens is 258 g/mol. The molecule has 1 heterocycles. The van der Waals surface area contributed by atoms with Gasteiger partial charge in [-0.1, -0.05) is 18.2 Å². The Labute approximate surface area is 115 Å². The van der Waals surface area contributed by atoms with Gasteiger partial charge in [-0.25, -0.2) is 0 Å². The average molecular weight is 271 g/mol. The fourth-order valence-electron chi connectivity index (χ4n) is 2.01. The lowest BCUT2D eigenvalue weighted by Crippen LogP contribution is -2.14. The summed E-state index contributed by atoms with van der Waals surface area (Å²) in [5, 5.41) is 12.4. The summed E-state index contributed by atoms with van der Waals surface area (Å²) in [6.07, 6.45) is 0.112. The van der Waals surface area contributed by atoms with Crippen molar-refractivity contribution in [1.82, 2.24) is 0 Å². The van der Waals surface area contributed by atoms with Gasteiger partial charge in [0.15, 0.2) is 11.5 Å². The maximum atomic E-state index is 11.9. The Bertz CT molecular complexity index is 654. The summed E-state index contributed by atoms with van der Waals surface area (Å²) < 4.78 is 10.4. The summed E-state index contributed by atoms with van der Waals surface area (Å²) in [4.78, 5) is 11.9. The second-order valence-electron chi connectivity index (χ2n) is 4.42. The normalized spacial score (nSPS) is 12.2. The second-order valence-corrected chi connectivity index (χ2v) is 4.42. The van der Waals surface area contributed by atoms with E-state index in [0.717, 1.165) is 0 Å². The molecule has 0 saturated carbocycles. The molecule has 0 radical (unpaired) electrons. The minimum absolute atomic E-state index is 0.112. The largest absolute Gasteiger partial charge is 0.508 e. The number of carbonyl (C=O) groups is 1.